The van der Waals surface area contributed by atoms with Crippen LogP contribution in [0.2, 0.25) is 47.3 Å². The molecule has 4 heteroatoms. The van der Waals surface area contributed by atoms with Crippen molar-refractivity contribution in [2.24, 2.45) is 5.41 Å². The molecule has 0 aromatic rings. The minimum absolute atomic E-state index is 0.0963. The van der Waals surface area contributed by atoms with Crippen LogP contribution in [0.25, 0.3) is 0 Å². The third-order valence-electron chi connectivity index (χ3n) is 9.24. The maximum absolute atomic E-state index is 9.58. The second-order valence-corrected chi connectivity index (χ2v) is 21.0. The van der Waals surface area contributed by atoms with E-state index in [2.05, 4.69) is 68.0 Å². The van der Waals surface area contributed by atoms with E-state index in [-0.39, 0.29) is 18.8 Å². The molecule has 166 valence electrons. The molecular formula is C24H50O2Si2. The molecule has 2 nitrogen and oxygen atoms in total. The number of ether oxygens (including phenoxy) is 1. The van der Waals surface area contributed by atoms with E-state index in [1.165, 1.54) is 42.7 Å². The minimum atomic E-state index is -1.43. The van der Waals surface area contributed by atoms with Gasteiger partial charge in [-0.3, -0.25) is 0 Å². The van der Waals surface area contributed by atoms with Gasteiger partial charge in [0.15, 0.2) is 0 Å². The van der Waals surface area contributed by atoms with E-state index < -0.39 is 16.1 Å². The highest BCUT2D eigenvalue weighted by atomic mass is 28.3. The Hall–Kier alpha value is 0.0938. The predicted molar refractivity (Wildman–Crippen MR) is 131 cm³/mol. The number of aliphatic hydroxyl groups is 1. The molecule has 0 unspecified atom stereocenters. The van der Waals surface area contributed by atoms with Crippen molar-refractivity contribution in [1.82, 2.24) is 0 Å². The fourth-order valence-electron chi connectivity index (χ4n) is 6.85. The van der Waals surface area contributed by atoms with E-state index in [1.807, 2.05) is 0 Å². The third-order valence-corrected chi connectivity index (χ3v) is 22.6. The third kappa shape index (κ3) is 5.04. The Morgan fingerprint density at radius 2 is 1.29 bits per heavy atom. The first-order valence-electron chi connectivity index (χ1n) is 12.1. The summed E-state index contributed by atoms with van der Waals surface area (Å²) < 4.78 is 5.89. The number of allylic oxidation sites excluding steroid dienone is 1. The molecule has 1 fully saturated rings. The summed E-state index contributed by atoms with van der Waals surface area (Å²) in [7, 11) is -2.81. The first-order valence-corrected chi connectivity index (χ1v) is 17.5. The summed E-state index contributed by atoms with van der Waals surface area (Å²) in [6.45, 7) is 24.3. The molecule has 0 radical (unpaired) electrons. The van der Waals surface area contributed by atoms with E-state index >= 15 is 0 Å². The van der Waals surface area contributed by atoms with Crippen LogP contribution in [0, 0.1) is 5.41 Å². The lowest BCUT2D eigenvalue weighted by Gasteiger charge is -2.55. The predicted octanol–water partition coefficient (Wildman–Crippen LogP) is 7.50. The van der Waals surface area contributed by atoms with Gasteiger partial charge in [0.05, 0.1) is 28.9 Å². The first kappa shape index (κ1) is 26.1. The molecule has 1 aliphatic heterocycles. The lowest BCUT2D eigenvalue weighted by atomic mass is 9.80. The van der Waals surface area contributed by atoms with Crippen LogP contribution >= 0.6 is 0 Å². The number of hydrogen-bond acceptors (Lipinski definition) is 2. The van der Waals surface area contributed by atoms with Gasteiger partial charge in [0.1, 0.15) is 6.10 Å². The van der Waals surface area contributed by atoms with Gasteiger partial charge in [0.2, 0.25) is 0 Å². The lowest BCUT2D eigenvalue weighted by molar-refractivity contribution is 0.237. The van der Waals surface area contributed by atoms with Crippen LogP contribution in [0.4, 0.5) is 0 Å². The zero-order valence-electron chi connectivity index (χ0n) is 20.3. The van der Waals surface area contributed by atoms with Crippen LogP contribution in [-0.4, -0.2) is 40.1 Å². The number of aliphatic hydroxyl groups excluding tert-OH is 1. The summed E-state index contributed by atoms with van der Waals surface area (Å²) in [6.07, 6.45) is 4.93. The standard InChI is InChI=1S/C24H50O2Si2/c1-10-17-22(27(11-2,12-3)13-4)24(8,9)23(18-20-21(19-25)26-20)28(14-5,15-6)16-7/h10,20-23,25H,1,11-19H2,2-9H3/t20-,21+,22+,23+/m0/s1. The van der Waals surface area contributed by atoms with Gasteiger partial charge >= 0.3 is 0 Å². The van der Waals surface area contributed by atoms with Gasteiger partial charge in [-0.2, -0.15) is 0 Å². The summed E-state index contributed by atoms with van der Waals surface area (Å²) in [5.41, 5.74) is 1.84. The van der Waals surface area contributed by atoms with Gasteiger partial charge in [0.25, 0.3) is 0 Å². The van der Waals surface area contributed by atoms with Gasteiger partial charge in [0, 0.05) is 0 Å². The molecule has 4 atom stereocenters. The number of hydrogen-bond donors (Lipinski definition) is 1. The molecular weight excluding hydrogens is 376 g/mol. The second kappa shape index (κ2) is 10.9. The van der Waals surface area contributed by atoms with Crippen LogP contribution in [-0.2, 0) is 4.74 Å². The maximum Gasteiger partial charge on any atom is 0.107 e. The Bertz CT molecular complexity index is 453. The van der Waals surface area contributed by atoms with Gasteiger partial charge in [-0.05, 0) is 29.3 Å². The molecule has 0 bridgehead atoms. The van der Waals surface area contributed by atoms with E-state index in [1.54, 1.807) is 0 Å². The SMILES string of the molecule is C=CC[C@H](C(C)(C)[C@@H](C[C@@H]1O[C@@H]1CO)[Si](CC)(CC)CC)[Si](CC)(CC)CC. The highest BCUT2D eigenvalue weighted by molar-refractivity contribution is 6.83. The van der Waals surface area contributed by atoms with Gasteiger partial charge in [-0.15, -0.1) is 6.58 Å². The van der Waals surface area contributed by atoms with E-state index in [0.717, 1.165) is 17.5 Å². The summed E-state index contributed by atoms with van der Waals surface area (Å²) >= 11 is 0. The van der Waals surface area contributed by atoms with Crippen molar-refractivity contribution in [1.29, 1.82) is 0 Å². The molecule has 28 heavy (non-hydrogen) atoms. The highest BCUT2D eigenvalue weighted by Crippen LogP contribution is 2.60. The highest BCUT2D eigenvalue weighted by Gasteiger charge is 2.55. The summed E-state index contributed by atoms with van der Waals surface area (Å²) in [6, 6.07) is 8.24. The monoisotopic (exact) mass is 426 g/mol. The molecule has 0 spiro atoms. The molecule has 0 amide bonds. The van der Waals surface area contributed by atoms with Crippen LogP contribution in [0.3, 0.4) is 0 Å². The van der Waals surface area contributed by atoms with Crippen LogP contribution in [0.5, 0.6) is 0 Å². The Balaban J connectivity index is 3.45. The second-order valence-electron chi connectivity index (χ2n) is 9.93. The topological polar surface area (TPSA) is 32.8 Å². The molecule has 1 heterocycles. The molecule has 0 aromatic heterocycles. The summed E-state index contributed by atoms with van der Waals surface area (Å²) in [4.78, 5) is 0. The average molecular weight is 427 g/mol. The lowest BCUT2D eigenvalue weighted by Crippen LogP contribution is -2.52. The fourth-order valence-corrected chi connectivity index (χ4v) is 17.9. The van der Waals surface area contributed by atoms with E-state index in [0.29, 0.717) is 5.41 Å². The van der Waals surface area contributed by atoms with Gasteiger partial charge in [-0.1, -0.05) is 97.7 Å². The van der Waals surface area contributed by atoms with Crippen molar-refractivity contribution in [3.8, 4) is 0 Å². The Morgan fingerprint density at radius 3 is 1.61 bits per heavy atom. The number of epoxide rings is 1. The van der Waals surface area contributed by atoms with Crippen LogP contribution in [0.15, 0.2) is 12.7 Å². The van der Waals surface area contributed by atoms with Crippen molar-refractivity contribution in [2.75, 3.05) is 6.61 Å². The maximum atomic E-state index is 9.58. The van der Waals surface area contributed by atoms with Gasteiger partial charge in [-0.25, -0.2) is 0 Å². The summed E-state index contributed by atoms with van der Waals surface area (Å²) in [5, 5.41) is 9.58. The Labute approximate surface area is 178 Å². The zero-order chi connectivity index (χ0) is 21.6. The zero-order valence-corrected chi connectivity index (χ0v) is 22.3. The van der Waals surface area contributed by atoms with Crippen molar-refractivity contribution in [3.63, 3.8) is 0 Å². The quantitative estimate of drug-likeness (QED) is 0.167. The molecule has 1 N–H and O–H groups in total. The first-order chi connectivity index (χ1) is 13.2. The smallest absolute Gasteiger partial charge is 0.107 e. The average Bonchev–Trinajstić information content (AvgIpc) is 3.48. The largest absolute Gasteiger partial charge is 0.394 e. The van der Waals surface area contributed by atoms with Crippen molar-refractivity contribution in [3.05, 3.63) is 12.7 Å². The Kier molecular flexibility index (Phi) is 10.2. The van der Waals surface area contributed by atoms with Crippen LogP contribution < -0.4 is 0 Å². The number of rotatable bonds is 15. The Morgan fingerprint density at radius 1 is 0.857 bits per heavy atom. The molecule has 0 aromatic carbocycles. The molecule has 1 saturated heterocycles. The normalized spacial score (nSPS) is 22.8. The van der Waals surface area contributed by atoms with E-state index in [9.17, 15) is 5.11 Å². The molecule has 1 aliphatic rings. The molecule has 0 aliphatic carbocycles. The fraction of sp³-hybridized carbons (Fsp3) is 0.917. The summed E-state index contributed by atoms with van der Waals surface area (Å²) in [5.74, 6) is 0. The van der Waals surface area contributed by atoms with Crippen molar-refractivity contribution < 1.29 is 9.84 Å². The van der Waals surface area contributed by atoms with Gasteiger partial charge < -0.3 is 9.84 Å². The van der Waals surface area contributed by atoms with Crippen LogP contribution in [0.1, 0.15) is 68.2 Å². The molecule has 0 saturated carbocycles. The van der Waals surface area contributed by atoms with Crippen molar-refractivity contribution in [2.45, 2.75) is 128 Å². The molecule has 1 rings (SSSR count). The van der Waals surface area contributed by atoms with E-state index in [4.69, 9.17) is 4.74 Å². The minimum Gasteiger partial charge on any atom is -0.394 e. The van der Waals surface area contributed by atoms with Crippen molar-refractivity contribution >= 4 is 16.1 Å².